The minimum atomic E-state index is -0.995. The summed E-state index contributed by atoms with van der Waals surface area (Å²) < 4.78 is 12.6. The molecule has 3 aromatic rings. The molecule has 0 aliphatic heterocycles. The maximum Gasteiger partial charge on any atom is 0.357 e. The Bertz CT molecular complexity index is 1070. The maximum absolute atomic E-state index is 12.9. The van der Waals surface area contributed by atoms with E-state index in [0.29, 0.717) is 29.7 Å². The smallest absolute Gasteiger partial charge is 0.357 e. The molecule has 160 valence electrons. The summed E-state index contributed by atoms with van der Waals surface area (Å²) in [6.07, 6.45) is 1.14. The number of ether oxygens (including phenoxy) is 2. The van der Waals surface area contributed by atoms with Crippen molar-refractivity contribution in [2.24, 2.45) is 0 Å². The molecule has 1 aliphatic carbocycles. The first-order chi connectivity index (χ1) is 15.1. The summed E-state index contributed by atoms with van der Waals surface area (Å²) in [7, 11) is 0. The van der Waals surface area contributed by atoms with Gasteiger partial charge in [0.05, 0.1) is 23.7 Å². The highest BCUT2D eigenvalue weighted by Gasteiger charge is 2.30. The third kappa shape index (κ3) is 4.77. The van der Waals surface area contributed by atoms with Crippen molar-refractivity contribution in [1.29, 1.82) is 0 Å². The molecule has 0 bridgehead atoms. The van der Waals surface area contributed by atoms with Gasteiger partial charge < -0.3 is 14.8 Å². The van der Waals surface area contributed by atoms with E-state index in [0.717, 1.165) is 24.2 Å². The van der Waals surface area contributed by atoms with Gasteiger partial charge in [0.25, 0.3) is 5.91 Å². The SMILES string of the molecule is CCOc1ccccc1NC(=O)[C@H](C)OC(=O)c1cc(C2CC2)nn1-c1ccccc1. The lowest BCUT2D eigenvalue weighted by Gasteiger charge is -2.16. The Morgan fingerprint density at radius 1 is 1.13 bits per heavy atom. The molecular formula is C24H25N3O4. The van der Waals surface area contributed by atoms with E-state index in [9.17, 15) is 9.59 Å². The Balaban J connectivity index is 1.50. The van der Waals surface area contributed by atoms with Crippen LogP contribution in [0.2, 0.25) is 0 Å². The van der Waals surface area contributed by atoms with E-state index < -0.39 is 18.0 Å². The fourth-order valence-electron chi connectivity index (χ4n) is 3.25. The minimum Gasteiger partial charge on any atom is -0.492 e. The van der Waals surface area contributed by atoms with E-state index >= 15 is 0 Å². The number of hydrogen-bond acceptors (Lipinski definition) is 5. The Hall–Kier alpha value is -3.61. The molecule has 7 heteroatoms. The van der Waals surface area contributed by atoms with Gasteiger partial charge in [0, 0.05) is 5.92 Å². The van der Waals surface area contributed by atoms with E-state index in [4.69, 9.17) is 9.47 Å². The van der Waals surface area contributed by atoms with Crippen LogP contribution in [0.3, 0.4) is 0 Å². The van der Waals surface area contributed by atoms with Gasteiger partial charge in [-0.2, -0.15) is 5.10 Å². The third-order valence-electron chi connectivity index (χ3n) is 5.03. The van der Waals surface area contributed by atoms with Crippen molar-refractivity contribution in [3.8, 4) is 11.4 Å². The fourth-order valence-corrected chi connectivity index (χ4v) is 3.25. The van der Waals surface area contributed by atoms with Crippen molar-refractivity contribution in [3.05, 3.63) is 72.1 Å². The second-order valence-electron chi connectivity index (χ2n) is 7.44. The molecule has 1 N–H and O–H groups in total. The maximum atomic E-state index is 12.9. The summed E-state index contributed by atoms with van der Waals surface area (Å²) in [5.41, 5.74) is 2.48. The number of nitrogens with zero attached hydrogens (tertiary/aromatic N) is 2. The van der Waals surface area contributed by atoms with Crippen molar-refractivity contribution in [2.45, 2.75) is 38.7 Å². The molecule has 1 aliphatic rings. The standard InChI is InChI=1S/C24H25N3O4/c1-3-30-22-12-8-7-11-19(22)25-23(28)16(2)31-24(29)21-15-20(17-13-14-17)26-27(21)18-9-5-4-6-10-18/h4-12,15-17H,3,13-14H2,1-2H3,(H,25,28)/t16-/m0/s1. The second-order valence-corrected chi connectivity index (χ2v) is 7.44. The zero-order valence-corrected chi connectivity index (χ0v) is 17.6. The number of para-hydroxylation sites is 3. The Morgan fingerprint density at radius 2 is 1.84 bits per heavy atom. The molecule has 0 spiro atoms. The van der Waals surface area contributed by atoms with Crippen LogP contribution in [0.1, 0.15) is 48.8 Å². The normalized spacial score (nSPS) is 14.0. The number of rotatable bonds is 8. The molecule has 4 rings (SSSR count). The first kappa shape index (κ1) is 20.7. The summed E-state index contributed by atoms with van der Waals surface area (Å²) >= 11 is 0. The summed E-state index contributed by atoms with van der Waals surface area (Å²) in [6, 6.07) is 18.3. The number of anilines is 1. The average molecular weight is 419 g/mol. The highest BCUT2D eigenvalue weighted by molar-refractivity contribution is 5.98. The van der Waals surface area contributed by atoms with Gasteiger partial charge in [-0.1, -0.05) is 30.3 Å². The molecule has 1 atom stereocenters. The second kappa shape index (κ2) is 9.04. The fraction of sp³-hybridized carbons (Fsp3) is 0.292. The summed E-state index contributed by atoms with van der Waals surface area (Å²) in [5, 5.41) is 7.38. The van der Waals surface area contributed by atoms with E-state index in [-0.39, 0.29) is 0 Å². The van der Waals surface area contributed by atoms with Gasteiger partial charge in [-0.3, -0.25) is 4.79 Å². The molecule has 0 unspecified atom stereocenters. The first-order valence-electron chi connectivity index (χ1n) is 10.5. The van der Waals surface area contributed by atoms with Gasteiger partial charge in [0.2, 0.25) is 0 Å². The topological polar surface area (TPSA) is 82.4 Å². The Morgan fingerprint density at radius 3 is 2.55 bits per heavy atom. The summed E-state index contributed by atoms with van der Waals surface area (Å²) in [4.78, 5) is 25.6. The molecule has 1 saturated carbocycles. The highest BCUT2D eigenvalue weighted by atomic mass is 16.5. The molecule has 31 heavy (non-hydrogen) atoms. The lowest BCUT2D eigenvalue weighted by atomic mass is 10.2. The van der Waals surface area contributed by atoms with E-state index in [1.54, 1.807) is 35.9 Å². The van der Waals surface area contributed by atoms with Crippen molar-refractivity contribution < 1.29 is 19.1 Å². The molecule has 0 saturated heterocycles. The predicted molar refractivity (Wildman–Crippen MR) is 117 cm³/mol. The number of carbonyl (C=O) groups excluding carboxylic acids is 2. The molecule has 1 aromatic heterocycles. The highest BCUT2D eigenvalue weighted by Crippen LogP contribution is 2.39. The molecule has 1 fully saturated rings. The summed E-state index contributed by atoms with van der Waals surface area (Å²) in [6.45, 7) is 3.89. The number of nitrogens with one attached hydrogen (secondary N) is 1. The number of amides is 1. The lowest BCUT2D eigenvalue weighted by molar-refractivity contribution is -0.123. The van der Waals surface area contributed by atoms with Crippen molar-refractivity contribution in [1.82, 2.24) is 9.78 Å². The lowest BCUT2D eigenvalue weighted by Crippen LogP contribution is -2.30. The van der Waals surface area contributed by atoms with Gasteiger partial charge >= 0.3 is 5.97 Å². The van der Waals surface area contributed by atoms with Gasteiger partial charge in [0.1, 0.15) is 5.75 Å². The Kier molecular flexibility index (Phi) is 6.02. The van der Waals surface area contributed by atoms with E-state index in [1.807, 2.05) is 43.3 Å². The van der Waals surface area contributed by atoms with Crippen LogP contribution >= 0.6 is 0 Å². The van der Waals surface area contributed by atoms with Crippen LogP contribution in [0.5, 0.6) is 5.75 Å². The third-order valence-corrected chi connectivity index (χ3v) is 5.03. The molecule has 0 radical (unpaired) electrons. The largest absolute Gasteiger partial charge is 0.492 e. The van der Waals surface area contributed by atoms with Crippen molar-refractivity contribution in [2.75, 3.05) is 11.9 Å². The molecule has 2 aromatic carbocycles. The quantitative estimate of drug-likeness (QED) is 0.550. The minimum absolute atomic E-state index is 0.308. The van der Waals surface area contributed by atoms with Gasteiger partial charge in [0.15, 0.2) is 11.8 Å². The van der Waals surface area contributed by atoms with Gasteiger partial charge in [-0.05, 0) is 57.0 Å². The molecule has 7 nitrogen and oxygen atoms in total. The van der Waals surface area contributed by atoms with Crippen molar-refractivity contribution in [3.63, 3.8) is 0 Å². The average Bonchev–Trinajstić information content (AvgIpc) is 3.54. The summed E-state index contributed by atoms with van der Waals surface area (Å²) in [5.74, 6) is -0.0851. The molecular weight excluding hydrogens is 394 g/mol. The zero-order valence-electron chi connectivity index (χ0n) is 17.6. The number of benzene rings is 2. The van der Waals surface area contributed by atoms with Crippen LogP contribution in [0.25, 0.3) is 5.69 Å². The predicted octanol–water partition coefficient (Wildman–Crippen LogP) is 4.33. The van der Waals surface area contributed by atoms with Crippen LogP contribution in [-0.4, -0.2) is 34.4 Å². The number of hydrogen-bond donors (Lipinski definition) is 1. The molecule has 1 heterocycles. The van der Waals surface area contributed by atoms with Crippen LogP contribution in [-0.2, 0) is 9.53 Å². The van der Waals surface area contributed by atoms with Crippen LogP contribution in [0, 0.1) is 0 Å². The van der Waals surface area contributed by atoms with Crippen LogP contribution < -0.4 is 10.1 Å². The van der Waals surface area contributed by atoms with E-state index in [1.165, 1.54) is 0 Å². The van der Waals surface area contributed by atoms with Crippen molar-refractivity contribution >= 4 is 17.6 Å². The van der Waals surface area contributed by atoms with E-state index in [2.05, 4.69) is 10.4 Å². The Labute approximate surface area is 181 Å². The zero-order chi connectivity index (χ0) is 21.8. The number of carbonyl (C=O) groups is 2. The van der Waals surface area contributed by atoms with Crippen LogP contribution in [0.15, 0.2) is 60.7 Å². The number of aromatic nitrogens is 2. The van der Waals surface area contributed by atoms with Gasteiger partial charge in [-0.15, -0.1) is 0 Å². The number of esters is 1. The molecule has 1 amide bonds. The monoisotopic (exact) mass is 419 g/mol. The van der Waals surface area contributed by atoms with Gasteiger partial charge in [-0.25, -0.2) is 9.48 Å². The van der Waals surface area contributed by atoms with Crippen LogP contribution in [0.4, 0.5) is 5.69 Å². The first-order valence-corrected chi connectivity index (χ1v) is 10.5.